The first-order valence-corrected chi connectivity index (χ1v) is 4.82. The van der Waals surface area contributed by atoms with Gasteiger partial charge in [-0.3, -0.25) is 0 Å². The van der Waals surface area contributed by atoms with Gasteiger partial charge in [0.25, 0.3) is 0 Å². The van der Waals surface area contributed by atoms with Gasteiger partial charge in [-0.05, 0) is 30.2 Å². The van der Waals surface area contributed by atoms with Crippen LogP contribution in [-0.2, 0) is 0 Å². The number of nitrogens with two attached hydrogens (primary N) is 1. The van der Waals surface area contributed by atoms with Gasteiger partial charge in [-0.2, -0.15) is 0 Å². The molecule has 0 aliphatic heterocycles. The Labute approximate surface area is 87.5 Å². The molecule has 0 fully saturated rings. The number of hydrogen-bond donors (Lipinski definition) is 2. The van der Waals surface area contributed by atoms with E-state index >= 15 is 0 Å². The molecule has 1 aromatic rings. The third-order valence-electron chi connectivity index (χ3n) is 2.10. The van der Waals surface area contributed by atoms with Crippen molar-refractivity contribution in [3.63, 3.8) is 0 Å². The Balaban J connectivity index is 2.94. The van der Waals surface area contributed by atoms with Crippen molar-refractivity contribution < 1.29 is 9.50 Å². The van der Waals surface area contributed by atoms with Crippen molar-refractivity contribution in [1.29, 1.82) is 0 Å². The van der Waals surface area contributed by atoms with Gasteiger partial charge >= 0.3 is 0 Å². The third kappa shape index (κ3) is 2.67. The molecule has 1 aromatic carbocycles. The van der Waals surface area contributed by atoms with Crippen molar-refractivity contribution in [1.82, 2.24) is 0 Å². The lowest BCUT2D eigenvalue weighted by molar-refractivity contribution is 0.140. The van der Waals surface area contributed by atoms with Crippen LogP contribution in [0, 0.1) is 5.82 Å². The molecule has 4 heteroatoms. The highest BCUT2D eigenvalue weighted by Gasteiger charge is 2.15. The van der Waals surface area contributed by atoms with Crippen LogP contribution in [0.2, 0.25) is 5.02 Å². The van der Waals surface area contributed by atoms with Crippen LogP contribution < -0.4 is 5.73 Å². The average molecular weight is 218 g/mol. The lowest BCUT2D eigenvalue weighted by Gasteiger charge is -2.17. The Morgan fingerprint density at radius 1 is 1.50 bits per heavy atom. The quantitative estimate of drug-likeness (QED) is 0.816. The van der Waals surface area contributed by atoms with Gasteiger partial charge < -0.3 is 10.8 Å². The number of aliphatic hydroxyl groups is 1. The van der Waals surface area contributed by atoms with Gasteiger partial charge in [0, 0.05) is 5.02 Å². The van der Waals surface area contributed by atoms with Crippen molar-refractivity contribution in [2.75, 3.05) is 0 Å². The van der Waals surface area contributed by atoms with Crippen molar-refractivity contribution >= 4 is 11.6 Å². The van der Waals surface area contributed by atoms with Crippen LogP contribution in [0.15, 0.2) is 18.2 Å². The minimum absolute atomic E-state index is 0.291. The molecule has 2 atom stereocenters. The summed E-state index contributed by atoms with van der Waals surface area (Å²) in [6.07, 6.45) is -0.150. The molecule has 0 saturated carbocycles. The van der Waals surface area contributed by atoms with Gasteiger partial charge in [-0.1, -0.05) is 18.5 Å². The van der Waals surface area contributed by atoms with Crippen molar-refractivity contribution in [3.8, 4) is 0 Å². The zero-order chi connectivity index (χ0) is 10.7. The Morgan fingerprint density at radius 2 is 2.14 bits per heavy atom. The van der Waals surface area contributed by atoms with Crippen LogP contribution in [0.25, 0.3) is 0 Å². The summed E-state index contributed by atoms with van der Waals surface area (Å²) in [5, 5.41) is 9.76. The molecule has 1 rings (SSSR count). The van der Waals surface area contributed by atoms with Gasteiger partial charge in [-0.15, -0.1) is 0 Å². The normalized spacial score (nSPS) is 15.2. The first kappa shape index (κ1) is 11.4. The van der Waals surface area contributed by atoms with E-state index in [1.807, 2.05) is 6.92 Å². The fraction of sp³-hybridized carbons (Fsp3) is 0.400. The lowest BCUT2D eigenvalue weighted by Crippen LogP contribution is -2.25. The van der Waals surface area contributed by atoms with Crippen molar-refractivity contribution in [2.24, 2.45) is 5.73 Å². The molecular weight excluding hydrogens is 205 g/mol. The van der Waals surface area contributed by atoms with E-state index in [9.17, 15) is 9.50 Å². The molecule has 3 N–H and O–H groups in total. The van der Waals surface area contributed by atoms with Gasteiger partial charge in [-0.25, -0.2) is 4.39 Å². The molecule has 0 aliphatic rings. The summed E-state index contributed by atoms with van der Waals surface area (Å²) in [6.45, 7) is 1.81. The maximum absolute atomic E-state index is 12.9. The van der Waals surface area contributed by atoms with Gasteiger partial charge in [0.1, 0.15) is 5.82 Å². The SMILES string of the molecule is CCC(O)C(N)c1cc(F)cc(Cl)c1. The second kappa shape index (κ2) is 4.73. The Morgan fingerprint density at radius 3 is 2.64 bits per heavy atom. The minimum Gasteiger partial charge on any atom is -0.391 e. The van der Waals surface area contributed by atoms with Gasteiger partial charge in [0.2, 0.25) is 0 Å². The summed E-state index contributed by atoms with van der Waals surface area (Å²) in [7, 11) is 0. The highest BCUT2D eigenvalue weighted by atomic mass is 35.5. The standard InChI is InChI=1S/C10H13ClFNO/c1-2-9(14)10(13)6-3-7(11)5-8(12)4-6/h3-5,9-10,14H,2,13H2,1H3. The molecular formula is C10H13ClFNO. The zero-order valence-corrected chi connectivity index (χ0v) is 8.63. The smallest absolute Gasteiger partial charge is 0.125 e. The predicted octanol–water partition coefficient (Wildman–Crippen LogP) is 2.25. The first-order valence-electron chi connectivity index (χ1n) is 4.44. The number of hydrogen-bond acceptors (Lipinski definition) is 2. The number of rotatable bonds is 3. The molecule has 0 amide bonds. The van der Waals surface area contributed by atoms with E-state index in [4.69, 9.17) is 17.3 Å². The predicted molar refractivity (Wildman–Crippen MR) is 54.6 cm³/mol. The molecule has 2 unspecified atom stereocenters. The summed E-state index contributed by atoms with van der Waals surface area (Å²) < 4.78 is 12.9. The molecule has 0 spiro atoms. The summed E-state index contributed by atoms with van der Waals surface area (Å²) in [4.78, 5) is 0. The third-order valence-corrected chi connectivity index (χ3v) is 2.32. The Hall–Kier alpha value is -0.640. The molecule has 2 nitrogen and oxygen atoms in total. The van der Waals surface area contributed by atoms with Gasteiger partial charge in [0.05, 0.1) is 12.1 Å². The lowest BCUT2D eigenvalue weighted by atomic mass is 10.0. The number of aliphatic hydroxyl groups excluding tert-OH is 1. The second-order valence-corrected chi connectivity index (χ2v) is 3.64. The molecule has 0 aromatic heterocycles. The fourth-order valence-electron chi connectivity index (χ4n) is 1.24. The number of benzene rings is 1. The minimum atomic E-state index is -0.673. The average Bonchev–Trinajstić information content (AvgIpc) is 2.14. The Kier molecular flexibility index (Phi) is 3.86. The van der Waals surface area contributed by atoms with E-state index in [-0.39, 0.29) is 0 Å². The van der Waals surface area contributed by atoms with Crippen molar-refractivity contribution in [2.45, 2.75) is 25.5 Å². The largest absolute Gasteiger partial charge is 0.391 e. The molecule has 0 aliphatic carbocycles. The van der Waals surface area contributed by atoms with Crippen LogP contribution in [-0.4, -0.2) is 11.2 Å². The molecule has 78 valence electrons. The molecule has 0 radical (unpaired) electrons. The van der Waals surface area contributed by atoms with E-state index < -0.39 is 18.0 Å². The summed E-state index contributed by atoms with van der Waals surface area (Å²) in [5.41, 5.74) is 6.23. The van der Waals surface area contributed by atoms with E-state index in [0.717, 1.165) is 0 Å². The highest BCUT2D eigenvalue weighted by molar-refractivity contribution is 6.30. The van der Waals surface area contributed by atoms with Crippen LogP contribution in [0.1, 0.15) is 24.9 Å². The molecule has 0 saturated heterocycles. The number of halogens is 2. The summed E-state index contributed by atoms with van der Waals surface area (Å²) in [5.74, 6) is -0.439. The first-order chi connectivity index (χ1) is 6.54. The van der Waals surface area contributed by atoms with Crippen LogP contribution in [0.4, 0.5) is 4.39 Å². The van der Waals surface area contributed by atoms with Crippen LogP contribution >= 0.6 is 11.6 Å². The second-order valence-electron chi connectivity index (χ2n) is 3.20. The summed E-state index contributed by atoms with van der Waals surface area (Å²) in [6, 6.07) is 3.47. The van der Waals surface area contributed by atoms with E-state index in [2.05, 4.69) is 0 Å². The maximum atomic E-state index is 12.9. The van der Waals surface area contributed by atoms with E-state index in [1.165, 1.54) is 12.1 Å². The molecule has 0 bridgehead atoms. The van der Waals surface area contributed by atoms with E-state index in [0.29, 0.717) is 17.0 Å². The van der Waals surface area contributed by atoms with Crippen LogP contribution in [0.3, 0.4) is 0 Å². The molecule has 0 heterocycles. The maximum Gasteiger partial charge on any atom is 0.125 e. The zero-order valence-electron chi connectivity index (χ0n) is 7.87. The van der Waals surface area contributed by atoms with Gasteiger partial charge in [0.15, 0.2) is 0 Å². The summed E-state index contributed by atoms with van der Waals surface area (Å²) >= 11 is 5.66. The highest BCUT2D eigenvalue weighted by Crippen LogP contribution is 2.21. The topological polar surface area (TPSA) is 46.2 Å². The Bertz CT molecular complexity index is 299. The van der Waals surface area contributed by atoms with Crippen LogP contribution in [0.5, 0.6) is 0 Å². The molecule has 14 heavy (non-hydrogen) atoms. The monoisotopic (exact) mass is 217 g/mol. The van der Waals surface area contributed by atoms with Crippen molar-refractivity contribution in [3.05, 3.63) is 34.6 Å². The van der Waals surface area contributed by atoms with E-state index in [1.54, 1.807) is 6.07 Å². The fourth-order valence-corrected chi connectivity index (χ4v) is 1.47.